The van der Waals surface area contributed by atoms with Gasteiger partial charge >= 0.3 is 0 Å². The SMILES string of the molecule is CC(C)c1ccc(Oc2ccc(C=NNC(N)=S)cc2)cc1. The van der Waals surface area contributed by atoms with Gasteiger partial charge in [-0.2, -0.15) is 5.10 Å². The van der Waals surface area contributed by atoms with Crippen molar-refractivity contribution >= 4 is 23.5 Å². The topological polar surface area (TPSA) is 59.6 Å². The first-order valence-corrected chi connectivity index (χ1v) is 7.42. The van der Waals surface area contributed by atoms with Gasteiger partial charge in [0, 0.05) is 0 Å². The van der Waals surface area contributed by atoms with Crippen LogP contribution in [-0.4, -0.2) is 11.3 Å². The van der Waals surface area contributed by atoms with Gasteiger partial charge in [0.05, 0.1) is 6.21 Å². The summed E-state index contributed by atoms with van der Waals surface area (Å²) in [7, 11) is 0. The molecule has 114 valence electrons. The molecule has 0 amide bonds. The molecule has 2 aromatic rings. The second-order valence-electron chi connectivity index (χ2n) is 5.13. The fourth-order valence-electron chi connectivity index (χ4n) is 1.85. The molecule has 0 atom stereocenters. The molecule has 22 heavy (non-hydrogen) atoms. The molecule has 0 unspecified atom stereocenters. The molecule has 5 heteroatoms. The van der Waals surface area contributed by atoms with E-state index in [2.05, 4.69) is 48.7 Å². The predicted octanol–water partition coefficient (Wildman–Crippen LogP) is 3.77. The van der Waals surface area contributed by atoms with Crippen LogP contribution >= 0.6 is 12.2 Å². The van der Waals surface area contributed by atoms with Crippen LogP contribution < -0.4 is 15.9 Å². The lowest BCUT2D eigenvalue weighted by Gasteiger charge is -2.08. The van der Waals surface area contributed by atoms with Crippen LogP contribution in [0.1, 0.15) is 30.9 Å². The molecule has 0 aromatic heterocycles. The van der Waals surface area contributed by atoms with Crippen molar-refractivity contribution in [1.29, 1.82) is 0 Å². The van der Waals surface area contributed by atoms with Crippen LogP contribution in [0.5, 0.6) is 11.5 Å². The first-order chi connectivity index (χ1) is 10.5. The first kappa shape index (κ1) is 16.0. The van der Waals surface area contributed by atoms with E-state index in [1.54, 1.807) is 6.21 Å². The third-order valence-electron chi connectivity index (χ3n) is 3.05. The third-order valence-corrected chi connectivity index (χ3v) is 3.14. The van der Waals surface area contributed by atoms with Gasteiger partial charge in [-0.25, -0.2) is 0 Å². The summed E-state index contributed by atoms with van der Waals surface area (Å²) in [6, 6.07) is 15.7. The quantitative estimate of drug-likeness (QED) is 0.501. The third kappa shape index (κ3) is 4.86. The number of nitrogens with two attached hydrogens (primary N) is 1. The van der Waals surface area contributed by atoms with Crippen molar-refractivity contribution in [2.75, 3.05) is 0 Å². The van der Waals surface area contributed by atoms with Crippen LogP contribution in [0.15, 0.2) is 53.6 Å². The molecule has 4 nitrogen and oxygen atoms in total. The van der Waals surface area contributed by atoms with E-state index >= 15 is 0 Å². The number of nitrogens with zero attached hydrogens (tertiary/aromatic N) is 1. The van der Waals surface area contributed by atoms with Gasteiger partial charge in [0.1, 0.15) is 11.5 Å². The summed E-state index contributed by atoms with van der Waals surface area (Å²) in [5.74, 6) is 2.11. The summed E-state index contributed by atoms with van der Waals surface area (Å²) in [6.45, 7) is 4.34. The standard InChI is InChI=1S/C17H19N3OS/c1-12(2)14-5-9-16(10-6-14)21-15-7-3-13(4-8-15)11-19-20-17(18)22/h3-12H,1-2H3,(H3,18,20,22). The smallest absolute Gasteiger partial charge is 0.184 e. The lowest BCUT2D eigenvalue weighted by Crippen LogP contribution is -2.23. The molecule has 0 aliphatic rings. The number of ether oxygens (including phenoxy) is 1. The minimum absolute atomic E-state index is 0.140. The average Bonchev–Trinajstić information content (AvgIpc) is 2.49. The lowest BCUT2D eigenvalue weighted by atomic mass is 10.0. The highest BCUT2D eigenvalue weighted by atomic mass is 32.1. The maximum atomic E-state index is 5.81. The number of hydrogen-bond acceptors (Lipinski definition) is 3. The van der Waals surface area contributed by atoms with E-state index in [0.717, 1.165) is 17.1 Å². The molecule has 0 aliphatic heterocycles. The zero-order chi connectivity index (χ0) is 15.9. The van der Waals surface area contributed by atoms with Gasteiger partial charge in [-0.05, 0) is 65.7 Å². The van der Waals surface area contributed by atoms with Crippen LogP contribution in [-0.2, 0) is 0 Å². The van der Waals surface area contributed by atoms with E-state index in [1.165, 1.54) is 5.56 Å². The number of thiocarbonyl (C=S) groups is 1. The summed E-state index contributed by atoms with van der Waals surface area (Å²) < 4.78 is 5.81. The Bertz CT molecular complexity index is 649. The fraction of sp³-hybridized carbons (Fsp3) is 0.176. The van der Waals surface area contributed by atoms with Gasteiger partial charge in [-0.1, -0.05) is 26.0 Å². The highest BCUT2D eigenvalue weighted by Gasteiger charge is 2.01. The Morgan fingerprint density at radius 2 is 1.64 bits per heavy atom. The van der Waals surface area contributed by atoms with Crippen molar-refractivity contribution in [3.8, 4) is 11.5 Å². The Balaban J connectivity index is 1.98. The van der Waals surface area contributed by atoms with Crippen molar-refractivity contribution in [2.45, 2.75) is 19.8 Å². The normalized spacial score (nSPS) is 10.9. The lowest BCUT2D eigenvalue weighted by molar-refractivity contribution is 0.482. The zero-order valence-electron chi connectivity index (χ0n) is 12.6. The summed E-state index contributed by atoms with van der Waals surface area (Å²) in [6.07, 6.45) is 1.64. The summed E-state index contributed by atoms with van der Waals surface area (Å²) >= 11 is 4.66. The van der Waals surface area contributed by atoms with Crippen LogP contribution in [0.2, 0.25) is 0 Å². The molecule has 0 radical (unpaired) electrons. The van der Waals surface area contributed by atoms with E-state index in [4.69, 9.17) is 10.5 Å². The molecule has 3 N–H and O–H groups in total. The highest BCUT2D eigenvalue weighted by Crippen LogP contribution is 2.24. The minimum atomic E-state index is 0.140. The summed E-state index contributed by atoms with van der Waals surface area (Å²) in [4.78, 5) is 0. The minimum Gasteiger partial charge on any atom is -0.457 e. The monoisotopic (exact) mass is 313 g/mol. The Labute approximate surface area is 136 Å². The zero-order valence-corrected chi connectivity index (χ0v) is 13.4. The second kappa shape index (κ2) is 7.56. The van der Waals surface area contributed by atoms with Crippen LogP contribution in [0, 0.1) is 0 Å². The van der Waals surface area contributed by atoms with Crippen LogP contribution in [0.4, 0.5) is 0 Å². The summed E-state index contributed by atoms with van der Waals surface area (Å²) in [5.41, 5.74) is 10.0. The first-order valence-electron chi connectivity index (χ1n) is 7.01. The van der Waals surface area contributed by atoms with Gasteiger partial charge < -0.3 is 10.5 Å². The van der Waals surface area contributed by atoms with E-state index in [0.29, 0.717) is 5.92 Å². The van der Waals surface area contributed by atoms with E-state index in [-0.39, 0.29) is 5.11 Å². The second-order valence-corrected chi connectivity index (χ2v) is 5.57. The highest BCUT2D eigenvalue weighted by molar-refractivity contribution is 7.80. The number of benzene rings is 2. The summed E-state index contributed by atoms with van der Waals surface area (Å²) in [5, 5.41) is 4.04. The maximum Gasteiger partial charge on any atom is 0.184 e. The number of hydrogen-bond donors (Lipinski definition) is 2. The van der Waals surface area contributed by atoms with E-state index in [1.807, 2.05) is 36.4 Å². The molecular formula is C17H19N3OS. The van der Waals surface area contributed by atoms with Gasteiger partial charge in [0.2, 0.25) is 0 Å². The molecule has 2 aromatic carbocycles. The van der Waals surface area contributed by atoms with Gasteiger partial charge in [0.25, 0.3) is 0 Å². The van der Waals surface area contributed by atoms with E-state index < -0.39 is 0 Å². The molecule has 0 heterocycles. The molecule has 0 saturated heterocycles. The molecule has 0 aliphatic carbocycles. The van der Waals surface area contributed by atoms with Gasteiger partial charge in [-0.3, -0.25) is 5.43 Å². The Kier molecular flexibility index (Phi) is 5.49. The largest absolute Gasteiger partial charge is 0.457 e. The predicted molar refractivity (Wildman–Crippen MR) is 94.6 cm³/mol. The maximum absolute atomic E-state index is 5.81. The van der Waals surface area contributed by atoms with Crippen molar-refractivity contribution in [3.63, 3.8) is 0 Å². The Morgan fingerprint density at radius 1 is 1.09 bits per heavy atom. The number of hydrazone groups is 1. The van der Waals surface area contributed by atoms with Crippen molar-refractivity contribution in [2.24, 2.45) is 10.8 Å². The Morgan fingerprint density at radius 3 is 2.14 bits per heavy atom. The van der Waals surface area contributed by atoms with E-state index in [9.17, 15) is 0 Å². The van der Waals surface area contributed by atoms with Crippen LogP contribution in [0.3, 0.4) is 0 Å². The molecule has 0 fully saturated rings. The van der Waals surface area contributed by atoms with Gasteiger partial charge in [-0.15, -0.1) is 0 Å². The van der Waals surface area contributed by atoms with Crippen molar-refractivity contribution in [1.82, 2.24) is 5.43 Å². The van der Waals surface area contributed by atoms with Crippen molar-refractivity contribution < 1.29 is 4.74 Å². The average molecular weight is 313 g/mol. The molecule has 0 saturated carbocycles. The molecule has 0 spiro atoms. The Hall–Kier alpha value is -2.40. The molecule has 2 rings (SSSR count). The number of rotatable bonds is 5. The fourth-order valence-corrected chi connectivity index (χ4v) is 1.90. The van der Waals surface area contributed by atoms with Gasteiger partial charge in [0.15, 0.2) is 5.11 Å². The van der Waals surface area contributed by atoms with Crippen molar-refractivity contribution in [3.05, 3.63) is 59.7 Å². The molecule has 0 bridgehead atoms. The van der Waals surface area contributed by atoms with Crippen LogP contribution in [0.25, 0.3) is 0 Å². The number of nitrogens with one attached hydrogen (secondary N) is 1. The molecular weight excluding hydrogens is 294 g/mol.